The molecule has 2 aromatic rings. The Bertz CT molecular complexity index is 795. The fourth-order valence-electron chi connectivity index (χ4n) is 4.17. The fourth-order valence-corrected chi connectivity index (χ4v) is 4.17. The zero-order chi connectivity index (χ0) is 21.4. The number of ether oxygens (including phenoxy) is 1. The van der Waals surface area contributed by atoms with Crippen LogP contribution in [0.1, 0.15) is 80.3 Å². The van der Waals surface area contributed by atoms with Crippen LogP contribution in [0, 0.1) is 0 Å². The van der Waals surface area contributed by atoms with Gasteiger partial charge in [0.1, 0.15) is 0 Å². The van der Waals surface area contributed by atoms with Crippen LogP contribution in [0.25, 0.3) is 0 Å². The Morgan fingerprint density at radius 1 is 1.13 bits per heavy atom. The van der Waals surface area contributed by atoms with Gasteiger partial charge in [0.2, 0.25) is 5.95 Å². The zero-order valence-electron chi connectivity index (χ0n) is 18.4. The maximum Gasteiger partial charge on any atom is 0.341 e. The number of aromatic nitrogens is 2. The number of esters is 1. The summed E-state index contributed by atoms with van der Waals surface area (Å²) in [5.41, 5.74) is 2.99. The van der Waals surface area contributed by atoms with Crippen molar-refractivity contribution in [2.24, 2.45) is 0 Å². The van der Waals surface area contributed by atoms with Crippen LogP contribution in [0.3, 0.4) is 0 Å². The van der Waals surface area contributed by atoms with Crippen molar-refractivity contribution in [3.63, 3.8) is 0 Å². The van der Waals surface area contributed by atoms with E-state index in [0.29, 0.717) is 24.0 Å². The summed E-state index contributed by atoms with van der Waals surface area (Å²) in [6, 6.07) is 9.10. The lowest BCUT2D eigenvalue weighted by molar-refractivity contribution is 0.0525. The summed E-state index contributed by atoms with van der Waals surface area (Å²) in [7, 11) is 0. The number of hydrogen-bond acceptors (Lipinski definition) is 6. The third kappa shape index (κ3) is 4.98. The third-order valence-corrected chi connectivity index (χ3v) is 5.99. The Morgan fingerprint density at radius 3 is 2.30 bits per heavy atom. The molecule has 0 amide bonds. The molecule has 0 bridgehead atoms. The van der Waals surface area contributed by atoms with Crippen LogP contribution in [0.15, 0.2) is 36.7 Å². The standard InChI is InChI=1S/C22H28N4O2.C2H6/c1-2-28-20(27)18-14-24-21(25-15-18)26-22(10-3-11-22)19-6-4-16(5-7-19)17-8-12-23-13-9-17;1-2/h4-7,14-15,17,23H,2-3,8-13H2,1H3,(H,24,25,26);1-2H3. The van der Waals surface area contributed by atoms with Crippen LogP contribution in [-0.4, -0.2) is 35.6 Å². The van der Waals surface area contributed by atoms with E-state index < -0.39 is 0 Å². The second-order valence-electron chi connectivity index (χ2n) is 7.72. The van der Waals surface area contributed by atoms with Crippen molar-refractivity contribution in [1.82, 2.24) is 15.3 Å². The Kier molecular flexibility index (Phi) is 7.80. The molecule has 0 unspecified atom stereocenters. The van der Waals surface area contributed by atoms with E-state index in [0.717, 1.165) is 25.9 Å². The normalized spacial score (nSPS) is 17.8. The summed E-state index contributed by atoms with van der Waals surface area (Å²) in [6.07, 6.45) is 8.78. The number of rotatable bonds is 6. The number of carbonyl (C=O) groups is 1. The van der Waals surface area contributed by atoms with E-state index in [-0.39, 0.29) is 11.5 Å². The Morgan fingerprint density at radius 2 is 1.77 bits per heavy atom. The van der Waals surface area contributed by atoms with Gasteiger partial charge in [-0.1, -0.05) is 38.1 Å². The minimum Gasteiger partial charge on any atom is -0.462 e. The van der Waals surface area contributed by atoms with Gasteiger partial charge in [-0.2, -0.15) is 0 Å². The highest BCUT2D eigenvalue weighted by Gasteiger charge is 2.39. The van der Waals surface area contributed by atoms with Crippen LogP contribution < -0.4 is 10.6 Å². The van der Waals surface area contributed by atoms with E-state index in [1.54, 1.807) is 6.92 Å². The highest BCUT2D eigenvalue weighted by molar-refractivity contribution is 5.88. The maximum absolute atomic E-state index is 11.8. The Hall–Kier alpha value is -2.47. The average Bonchev–Trinajstić information content (AvgIpc) is 2.79. The minimum atomic E-state index is -0.388. The molecule has 0 atom stereocenters. The molecule has 1 aliphatic heterocycles. The van der Waals surface area contributed by atoms with Gasteiger partial charge in [0.25, 0.3) is 0 Å². The molecule has 2 fully saturated rings. The van der Waals surface area contributed by atoms with Crippen molar-refractivity contribution >= 4 is 11.9 Å². The second-order valence-corrected chi connectivity index (χ2v) is 7.72. The monoisotopic (exact) mass is 410 g/mol. The van der Waals surface area contributed by atoms with Crippen LogP contribution >= 0.6 is 0 Å². The topological polar surface area (TPSA) is 76.1 Å². The molecule has 1 saturated carbocycles. The fraction of sp³-hybridized carbons (Fsp3) is 0.542. The molecule has 1 aromatic carbocycles. The van der Waals surface area contributed by atoms with Crippen LogP contribution in [0.4, 0.5) is 5.95 Å². The van der Waals surface area contributed by atoms with Crippen molar-refractivity contribution in [3.05, 3.63) is 53.3 Å². The van der Waals surface area contributed by atoms with Crippen LogP contribution in [0.5, 0.6) is 0 Å². The number of piperidine rings is 1. The Labute approximate surface area is 179 Å². The highest BCUT2D eigenvalue weighted by Crippen LogP contribution is 2.44. The first-order chi connectivity index (χ1) is 14.7. The predicted molar refractivity (Wildman–Crippen MR) is 120 cm³/mol. The molecule has 2 N–H and O–H groups in total. The third-order valence-electron chi connectivity index (χ3n) is 5.99. The van der Waals surface area contributed by atoms with Gasteiger partial charge in [-0.15, -0.1) is 0 Å². The second kappa shape index (κ2) is 10.5. The lowest BCUT2D eigenvalue weighted by Crippen LogP contribution is -2.42. The summed E-state index contributed by atoms with van der Waals surface area (Å²) in [5, 5.41) is 6.95. The van der Waals surface area contributed by atoms with Crippen molar-refractivity contribution in [3.8, 4) is 0 Å². The molecule has 6 nitrogen and oxygen atoms in total. The lowest BCUT2D eigenvalue weighted by Gasteiger charge is -2.43. The quantitative estimate of drug-likeness (QED) is 0.676. The number of anilines is 1. The molecule has 1 aromatic heterocycles. The van der Waals surface area contributed by atoms with Crippen LogP contribution in [-0.2, 0) is 10.3 Å². The molecular formula is C24H34N4O2. The summed E-state index contributed by atoms with van der Waals surface area (Å²) in [5.74, 6) is 0.829. The van der Waals surface area contributed by atoms with Crippen molar-refractivity contribution in [2.45, 2.75) is 64.3 Å². The zero-order valence-corrected chi connectivity index (χ0v) is 18.4. The summed E-state index contributed by atoms with van der Waals surface area (Å²) < 4.78 is 4.99. The van der Waals surface area contributed by atoms with Crippen molar-refractivity contribution in [1.29, 1.82) is 0 Å². The van der Waals surface area contributed by atoms with Crippen molar-refractivity contribution < 1.29 is 9.53 Å². The first-order valence-electron chi connectivity index (χ1n) is 11.3. The summed E-state index contributed by atoms with van der Waals surface area (Å²) in [4.78, 5) is 20.4. The number of nitrogens with one attached hydrogen (secondary N) is 2. The van der Waals surface area contributed by atoms with E-state index in [1.807, 2.05) is 13.8 Å². The molecule has 0 radical (unpaired) electrons. The average molecular weight is 411 g/mol. The smallest absolute Gasteiger partial charge is 0.341 e. The molecule has 4 rings (SSSR count). The molecule has 1 saturated heterocycles. The van der Waals surface area contributed by atoms with Gasteiger partial charge >= 0.3 is 5.97 Å². The molecule has 2 aliphatic rings. The van der Waals surface area contributed by atoms with E-state index >= 15 is 0 Å². The largest absolute Gasteiger partial charge is 0.462 e. The maximum atomic E-state index is 11.8. The summed E-state index contributed by atoms with van der Waals surface area (Å²) >= 11 is 0. The van der Waals surface area contributed by atoms with Gasteiger partial charge < -0.3 is 15.4 Å². The number of hydrogen-bond donors (Lipinski definition) is 2. The van der Waals surface area contributed by atoms with E-state index in [9.17, 15) is 4.79 Å². The first-order valence-corrected chi connectivity index (χ1v) is 11.3. The van der Waals surface area contributed by atoms with Crippen molar-refractivity contribution in [2.75, 3.05) is 25.0 Å². The van der Waals surface area contributed by atoms with Gasteiger partial charge in [0, 0.05) is 12.4 Å². The van der Waals surface area contributed by atoms with Gasteiger partial charge in [-0.25, -0.2) is 14.8 Å². The highest BCUT2D eigenvalue weighted by atomic mass is 16.5. The molecule has 2 heterocycles. The van der Waals surface area contributed by atoms with Crippen LogP contribution in [0.2, 0.25) is 0 Å². The summed E-state index contributed by atoms with van der Waals surface area (Å²) in [6.45, 7) is 8.34. The predicted octanol–water partition coefficient (Wildman–Crippen LogP) is 4.64. The number of benzene rings is 1. The van der Waals surface area contributed by atoms with Gasteiger partial charge in [0.05, 0.1) is 17.7 Å². The molecule has 1 aliphatic carbocycles. The molecule has 30 heavy (non-hydrogen) atoms. The number of nitrogens with zero attached hydrogens (tertiary/aromatic N) is 2. The molecule has 162 valence electrons. The van der Waals surface area contributed by atoms with Gasteiger partial charge in [-0.05, 0) is 69.2 Å². The lowest BCUT2D eigenvalue weighted by atomic mass is 9.71. The number of carbonyl (C=O) groups excluding carboxylic acids is 1. The molecular weight excluding hydrogens is 376 g/mol. The van der Waals surface area contributed by atoms with E-state index in [1.165, 1.54) is 42.8 Å². The van der Waals surface area contributed by atoms with E-state index in [4.69, 9.17) is 4.74 Å². The minimum absolute atomic E-state index is 0.113. The SMILES string of the molecule is CC.CCOC(=O)c1cnc(NC2(c3ccc(C4CCNCC4)cc3)CCC2)nc1. The molecule has 6 heteroatoms. The van der Waals surface area contributed by atoms with Gasteiger partial charge in [0.15, 0.2) is 0 Å². The van der Waals surface area contributed by atoms with Gasteiger partial charge in [-0.3, -0.25) is 0 Å². The Balaban J connectivity index is 0.00000124. The first kappa shape index (κ1) is 22.2. The van der Waals surface area contributed by atoms with E-state index in [2.05, 4.69) is 44.9 Å². The molecule has 0 spiro atoms.